The molecule has 1 aliphatic carbocycles. The van der Waals surface area contributed by atoms with Gasteiger partial charge in [-0.3, -0.25) is 0 Å². The van der Waals surface area contributed by atoms with Gasteiger partial charge in [-0.15, -0.1) is 0 Å². The van der Waals surface area contributed by atoms with Gasteiger partial charge >= 0.3 is 5.97 Å². The van der Waals surface area contributed by atoms with Gasteiger partial charge in [-0.25, -0.2) is 14.8 Å². The van der Waals surface area contributed by atoms with Crippen molar-refractivity contribution in [2.24, 2.45) is 5.92 Å². The molecule has 0 atom stereocenters. The highest BCUT2D eigenvalue weighted by Gasteiger charge is 2.21. The van der Waals surface area contributed by atoms with Gasteiger partial charge in [-0.05, 0) is 57.7 Å². The van der Waals surface area contributed by atoms with Gasteiger partial charge < -0.3 is 10.1 Å². The predicted molar refractivity (Wildman–Crippen MR) is 93.9 cm³/mol. The maximum atomic E-state index is 12.1. The van der Waals surface area contributed by atoms with E-state index in [1.165, 1.54) is 12.8 Å². The second kappa shape index (κ2) is 6.59. The molecule has 5 heteroatoms. The largest absolute Gasteiger partial charge is 0.456 e. The first-order valence-electron chi connectivity index (χ1n) is 8.31. The zero-order valence-electron chi connectivity index (χ0n) is 14.4. The summed E-state index contributed by atoms with van der Waals surface area (Å²) in [7, 11) is 0. The van der Waals surface area contributed by atoms with Crippen LogP contribution >= 0.6 is 0 Å². The molecule has 1 aromatic heterocycles. The SMILES string of the molecule is CC(C)(C)OC(=O)c1ccc(-c2ccnc(NCC3CC3)n2)cc1. The number of carbonyl (C=O) groups excluding carboxylic acids is 1. The Bertz CT molecular complexity index is 716. The zero-order chi connectivity index (χ0) is 17.2. The maximum absolute atomic E-state index is 12.1. The highest BCUT2D eigenvalue weighted by Crippen LogP contribution is 2.28. The average Bonchev–Trinajstić information content (AvgIpc) is 3.36. The topological polar surface area (TPSA) is 64.1 Å². The predicted octanol–water partition coefficient (Wildman–Crippen LogP) is 3.92. The van der Waals surface area contributed by atoms with E-state index in [0.717, 1.165) is 23.7 Å². The number of anilines is 1. The molecule has 0 bridgehead atoms. The third-order valence-electron chi connectivity index (χ3n) is 3.72. The Hall–Kier alpha value is -2.43. The van der Waals surface area contributed by atoms with E-state index in [1.54, 1.807) is 18.3 Å². The van der Waals surface area contributed by atoms with Crippen LogP contribution in [0.3, 0.4) is 0 Å². The number of hydrogen-bond donors (Lipinski definition) is 1. The van der Waals surface area contributed by atoms with Crippen molar-refractivity contribution in [3.05, 3.63) is 42.1 Å². The summed E-state index contributed by atoms with van der Waals surface area (Å²) in [5.74, 6) is 1.10. The first-order chi connectivity index (χ1) is 11.4. The van der Waals surface area contributed by atoms with Crippen molar-refractivity contribution < 1.29 is 9.53 Å². The molecule has 1 N–H and O–H groups in total. The van der Waals surface area contributed by atoms with Crippen molar-refractivity contribution in [3.8, 4) is 11.3 Å². The molecular weight excluding hydrogens is 302 g/mol. The number of nitrogens with zero attached hydrogens (tertiary/aromatic N) is 2. The van der Waals surface area contributed by atoms with Crippen molar-refractivity contribution in [2.75, 3.05) is 11.9 Å². The first kappa shape index (κ1) is 16.4. The third kappa shape index (κ3) is 4.54. The molecule has 0 unspecified atom stereocenters. The zero-order valence-corrected chi connectivity index (χ0v) is 14.4. The fourth-order valence-electron chi connectivity index (χ4n) is 2.28. The second-order valence-corrected chi connectivity index (χ2v) is 7.17. The number of hydrogen-bond acceptors (Lipinski definition) is 5. The molecule has 0 amide bonds. The van der Waals surface area contributed by atoms with Crippen LogP contribution in [0.4, 0.5) is 5.95 Å². The first-order valence-corrected chi connectivity index (χ1v) is 8.31. The minimum absolute atomic E-state index is 0.316. The molecule has 1 fully saturated rings. The van der Waals surface area contributed by atoms with Crippen LogP contribution in [-0.4, -0.2) is 28.1 Å². The molecule has 1 heterocycles. The summed E-state index contributed by atoms with van der Waals surface area (Å²) < 4.78 is 5.37. The lowest BCUT2D eigenvalue weighted by molar-refractivity contribution is 0.00696. The third-order valence-corrected chi connectivity index (χ3v) is 3.72. The van der Waals surface area contributed by atoms with E-state index in [1.807, 2.05) is 39.0 Å². The molecule has 1 aromatic carbocycles. The van der Waals surface area contributed by atoms with Gasteiger partial charge in [0.25, 0.3) is 0 Å². The molecule has 0 aliphatic heterocycles. The van der Waals surface area contributed by atoms with Crippen LogP contribution in [0.15, 0.2) is 36.5 Å². The Balaban J connectivity index is 1.70. The van der Waals surface area contributed by atoms with E-state index in [4.69, 9.17) is 4.74 Å². The van der Waals surface area contributed by atoms with Crippen LogP contribution in [0.2, 0.25) is 0 Å². The number of benzene rings is 1. The highest BCUT2D eigenvalue weighted by atomic mass is 16.6. The van der Waals surface area contributed by atoms with Crippen LogP contribution in [0.25, 0.3) is 11.3 Å². The lowest BCUT2D eigenvalue weighted by Gasteiger charge is -2.19. The van der Waals surface area contributed by atoms with Crippen molar-refractivity contribution >= 4 is 11.9 Å². The monoisotopic (exact) mass is 325 g/mol. The quantitative estimate of drug-likeness (QED) is 0.844. The van der Waals surface area contributed by atoms with Crippen molar-refractivity contribution in [1.82, 2.24) is 9.97 Å². The van der Waals surface area contributed by atoms with Crippen LogP contribution < -0.4 is 5.32 Å². The number of rotatable bonds is 5. The summed E-state index contributed by atoms with van der Waals surface area (Å²) in [6.45, 7) is 6.50. The molecular formula is C19H23N3O2. The summed E-state index contributed by atoms with van der Waals surface area (Å²) in [4.78, 5) is 20.9. The van der Waals surface area contributed by atoms with Crippen molar-refractivity contribution in [3.63, 3.8) is 0 Å². The van der Waals surface area contributed by atoms with E-state index in [0.29, 0.717) is 11.5 Å². The Morgan fingerprint density at radius 1 is 1.21 bits per heavy atom. The van der Waals surface area contributed by atoms with Gasteiger partial charge in [0.1, 0.15) is 5.60 Å². The molecule has 2 aromatic rings. The van der Waals surface area contributed by atoms with Crippen molar-refractivity contribution in [2.45, 2.75) is 39.2 Å². The van der Waals surface area contributed by atoms with E-state index in [9.17, 15) is 4.79 Å². The second-order valence-electron chi connectivity index (χ2n) is 7.17. The summed E-state index contributed by atoms with van der Waals surface area (Å²) in [6, 6.07) is 9.16. The lowest BCUT2D eigenvalue weighted by Crippen LogP contribution is -2.23. The van der Waals surface area contributed by atoms with Crippen molar-refractivity contribution in [1.29, 1.82) is 0 Å². The van der Waals surface area contributed by atoms with Gasteiger partial charge in [0.2, 0.25) is 5.95 Å². The normalized spacial score (nSPS) is 14.3. The molecule has 3 rings (SSSR count). The standard InChI is InChI=1S/C19H23N3O2/c1-19(2,3)24-17(23)15-8-6-14(7-9-15)16-10-11-20-18(22-16)21-12-13-4-5-13/h6-11,13H,4-5,12H2,1-3H3,(H,20,21,22). The average molecular weight is 325 g/mol. The van der Waals surface area contributed by atoms with Crippen LogP contribution in [0.1, 0.15) is 44.0 Å². The summed E-state index contributed by atoms with van der Waals surface area (Å²) in [6.07, 6.45) is 4.33. The number of carbonyl (C=O) groups is 1. The van der Waals surface area contributed by atoms with Gasteiger partial charge in [0.15, 0.2) is 0 Å². The highest BCUT2D eigenvalue weighted by molar-refractivity contribution is 5.90. The maximum Gasteiger partial charge on any atom is 0.338 e. The van der Waals surface area contributed by atoms with Crippen LogP contribution in [-0.2, 0) is 4.74 Å². The molecule has 1 aliphatic rings. The Labute approximate surface area is 142 Å². The van der Waals surface area contributed by atoms with Gasteiger partial charge in [0.05, 0.1) is 11.3 Å². The number of nitrogens with one attached hydrogen (secondary N) is 1. The molecule has 0 radical (unpaired) electrons. The smallest absolute Gasteiger partial charge is 0.338 e. The van der Waals surface area contributed by atoms with Crippen LogP contribution in [0.5, 0.6) is 0 Å². The number of ether oxygens (including phenoxy) is 1. The fraction of sp³-hybridized carbons (Fsp3) is 0.421. The molecule has 24 heavy (non-hydrogen) atoms. The Morgan fingerprint density at radius 3 is 2.54 bits per heavy atom. The Morgan fingerprint density at radius 2 is 1.92 bits per heavy atom. The minimum atomic E-state index is -0.495. The molecule has 0 saturated heterocycles. The Kier molecular flexibility index (Phi) is 4.51. The molecule has 1 saturated carbocycles. The van der Waals surface area contributed by atoms with Gasteiger partial charge in [-0.1, -0.05) is 12.1 Å². The summed E-state index contributed by atoms with van der Waals surface area (Å²) in [5.41, 5.74) is 1.82. The molecule has 0 spiro atoms. The number of esters is 1. The van der Waals surface area contributed by atoms with E-state index < -0.39 is 5.60 Å². The molecule has 5 nitrogen and oxygen atoms in total. The fourth-order valence-corrected chi connectivity index (χ4v) is 2.28. The lowest BCUT2D eigenvalue weighted by atomic mass is 10.1. The number of aromatic nitrogens is 2. The van der Waals surface area contributed by atoms with Crippen LogP contribution in [0, 0.1) is 5.92 Å². The van der Waals surface area contributed by atoms with Gasteiger partial charge in [0, 0.05) is 18.3 Å². The summed E-state index contributed by atoms with van der Waals surface area (Å²) >= 11 is 0. The van der Waals surface area contributed by atoms with E-state index in [-0.39, 0.29) is 5.97 Å². The molecule has 126 valence electrons. The summed E-state index contributed by atoms with van der Waals surface area (Å²) in [5, 5.41) is 3.28. The minimum Gasteiger partial charge on any atom is -0.456 e. The van der Waals surface area contributed by atoms with E-state index >= 15 is 0 Å². The van der Waals surface area contributed by atoms with Gasteiger partial charge in [-0.2, -0.15) is 0 Å². The van der Waals surface area contributed by atoms with E-state index in [2.05, 4.69) is 15.3 Å².